The van der Waals surface area contributed by atoms with Crippen molar-refractivity contribution in [2.75, 3.05) is 5.32 Å². The molecule has 0 fully saturated rings. The minimum absolute atomic E-state index is 0.151. The van der Waals surface area contributed by atoms with Crippen LogP contribution in [0.15, 0.2) is 89.4 Å². The van der Waals surface area contributed by atoms with Crippen LogP contribution in [0.5, 0.6) is 0 Å². The van der Waals surface area contributed by atoms with Gasteiger partial charge < -0.3 is 10.4 Å². The Morgan fingerprint density at radius 2 is 1.47 bits per heavy atom. The third kappa shape index (κ3) is 4.98. The van der Waals surface area contributed by atoms with Gasteiger partial charge in [0.15, 0.2) is 0 Å². The Morgan fingerprint density at radius 1 is 0.767 bits per heavy atom. The average molecular weight is 501 g/mol. The van der Waals surface area contributed by atoms with Crippen LogP contribution in [-0.4, -0.2) is 5.11 Å². The van der Waals surface area contributed by atoms with Crippen LogP contribution in [0.1, 0.15) is 29.7 Å². The van der Waals surface area contributed by atoms with Crippen molar-refractivity contribution in [3.8, 4) is 0 Å². The molecule has 0 aliphatic rings. The van der Waals surface area contributed by atoms with E-state index in [1.165, 1.54) is 0 Å². The number of nitrogens with one attached hydrogen (secondary N) is 1. The number of halogens is 3. The summed E-state index contributed by atoms with van der Waals surface area (Å²) >= 11 is 15.9. The highest BCUT2D eigenvalue weighted by Crippen LogP contribution is 2.34. The summed E-state index contributed by atoms with van der Waals surface area (Å²) in [6, 6.07) is 27.6. The van der Waals surface area contributed by atoms with Gasteiger partial charge >= 0.3 is 0 Å². The van der Waals surface area contributed by atoms with Crippen LogP contribution >= 0.6 is 39.1 Å². The van der Waals surface area contributed by atoms with Crippen LogP contribution in [0.2, 0.25) is 10.0 Å². The topological polar surface area (TPSA) is 32.3 Å². The molecule has 0 aliphatic carbocycles. The molecule has 4 aromatic rings. The molecule has 0 aromatic heterocycles. The Kier molecular flexibility index (Phi) is 6.64. The molecular formula is C25H20BrCl2NO. The molecule has 0 saturated heterocycles. The number of benzene rings is 4. The van der Waals surface area contributed by atoms with Gasteiger partial charge in [-0.05, 0) is 64.4 Å². The van der Waals surface area contributed by atoms with Gasteiger partial charge in [-0.3, -0.25) is 0 Å². The molecule has 4 aromatic carbocycles. The molecule has 0 radical (unpaired) electrons. The second kappa shape index (κ2) is 9.40. The van der Waals surface area contributed by atoms with Crippen molar-refractivity contribution < 1.29 is 5.11 Å². The van der Waals surface area contributed by atoms with Gasteiger partial charge in [0.1, 0.15) is 0 Å². The number of rotatable bonds is 6. The van der Waals surface area contributed by atoms with Crippen molar-refractivity contribution in [1.29, 1.82) is 0 Å². The molecule has 0 aliphatic heterocycles. The van der Waals surface area contributed by atoms with Crippen molar-refractivity contribution in [3.05, 3.63) is 111 Å². The summed E-state index contributed by atoms with van der Waals surface area (Å²) in [7, 11) is 0. The molecule has 2 unspecified atom stereocenters. The number of fused-ring (bicyclic) bond motifs is 1. The van der Waals surface area contributed by atoms with Gasteiger partial charge in [-0.2, -0.15) is 0 Å². The second-order valence-corrected chi connectivity index (χ2v) is 8.97. The van der Waals surface area contributed by atoms with E-state index in [9.17, 15) is 5.11 Å². The van der Waals surface area contributed by atoms with Crippen LogP contribution < -0.4 is 5.32 Å². The summed E-state index contributed by atoms with van der Waals surface area (Å²) in [6.45, 7) is 0. The van der Waals surface area contributed by atoms with Crippen molar-refractivity contribution >= 4 is 55.6 Å². The molecule has 5 heteroatoms. The lowest BCUT2D eigenvalue weighted by molar-refractivity contribution is 0.161. The fraction of sp³-hybridized carbons (Fsp3) is 0.120. The molecule has 0 saturated carbocycles. The van der Waals surface area contributed by atoms with E-state index in [0.717, 1.165) is 32.1 Å². The standard InChI is InChI=1S/C25H20BrCl2NO/c26-20-8-10-21(11-9-20)29-24(18-7-12-22(27)23(28)14-18)15-25(30)19-6-5-16-3-1-2-4-17(16)13-19/h1-14,24-25,29-30H,15H2. The summed E-state index contributed by atoms with van der Waals surface area (Å²) in [5.41, 5.74) is 2.81. The molecule has 2 atom stereocenters. The summed E-state index contributed by atoms with van der Waals surface area (Å²) in [6.07, 6.45) is -0.163. The normalized spacial score (nSPS) is 13.2. The largest absolute Gasteiger partial charge is 0.388 e. The van der Waals surface area contributed by atoms with Crippen LogP contribution in [0.4, 0.5) is 5.69 Å². The molecule has 0 amide bonds. The molecule has 152 valence electrons. The third-order valence-corrected chi connectivity index (χ3v) is 6.42. The molecule has 0 spiro atoms. The van der Waals surface area contributed by atoms with Gasteiger partial charge in [-0.25, -0.2) is 0 Å². The van der Waals surface area contributed by atoms with Gasteiger partial charge in [0.05, 0.1) is 22.2 Å². The first kappa shape index (κ1) is 21.2. The van der Waals surface area contributed by atoms with E-state index in [4.69, 9.17) is 23.2 Å². The third-order valence-electron chi connectivity index (χ3n) is 5.15. The van der Waals surface area contributed by atoms with E-state index >= 15 is 0 Å². The smallest absolute Gasteiger partial charge is 0.0813 e. The first-order valence-corrected chi connectivity index (χ1v) is 11.2. The maximum absolute atomic E-state index is 11.1. The fourth-order valence-corrected chi connectivity index (χ4v) is 4.10. The van der Waals surface area contributed by atoms with Crippen molar-refractivity contribution in [2.24, 2.45) is 0 Å². The summed E-state index contributed by atoms with van der Waals surface area (Å²) in [4.78, 5) is 0. The van der Waals surface area contributed by atoms with Gasteiger partial charge in [0.2, 0.25) is 0 Å². The monoisotopic (exact) mass is 499 g/mol. The number of anilines is 1. The number of aliphatic hydroxyl groups is 1. The van der Waals surface area contributed by atoms with E-state index in [0.29, 0.717) is 16.5 Å². The van der Waals surface area contributed by atoms with E-state index in [1.54, 1.807) is 6.07 Å². The van der Waals surface area contributed by atoms with Gasteiger partial charge in [-0.15, -0.1) is 0 Å². The average Bonchev–Trinajstić information content (AvgIpc) is 2.76. The molecule has 30 heavy (non-hydrogen) atoms. The zero-order valence-corrected chi connectivity index (χ0v) is 19.1. The first-order valence-electron chi connectivity index (χ1n) is 9.63. The number of aliphatic hydroxyl groups excluding tert-OH is 1. The highest BCUT2D eigenvalue weighted by Gasteiger charge is 2.19. The van der Waals surface area contributed by atoms with E-state index in [2.05, 4.69) is 33.4 Å². The van der Waals surface area contributed by atoms with Crippen LogP contribution in [0.3, 0.4) is 0 Å². The zero-order valence-electron chi connectivity index (χ0n) is 16.0. The second-order valence-electron chi connectivity index (χ2n) is 7.24. The van der Waals surface area contributed by atoms with E-state index < -0.39 is 6.10 Å². The Labute approximate surface area is 194 Å². The van der Waals surface area contributed by atoms with Gasteiger partial charge in [0, 0.05) is 16.6 Å². The van der Waals surface area contributed by atoms with Crippen LogP contribution in [0.25, 0.3) is 10.8 Å². The Hall–Kier alpha value is -2.04. The summed E-state index contributed by atoms with van der Waals surface area (Å²) < 4.78 is 1.01. The van der Waals surface area contributed by atoms with Crippen molar-refractivity contribution in [1.82, 2.24) is 0 Å². The Balaban J connectivity index is 1.63. The predicted octanol–water partition coefficient (Wildman–Crippen LogP) is 8.19. The lowest BCUT2D eigenvalue weighted by atomic mass is 9.95. The quantitative estimate of drug-likeness (QED) is 0.279. The number of hydrogen-bond acceptors (Lipinski definition) is 2. The lowest BCUT2D eigenvalue weighted by Gasteiger charge is -2.24. The highest BCUT2D eigenvalue weighted by molar-refractivity contribution is 9.10. The van der Waals surface area contributed by atoms with Crippen LogP contribution in [0, 0.1) is 0 Å². The van der Waals surface area contributed by atoms with Gasteiger partial charge in [0.25, 0.3) is 0 Å². The van der Waals surface area contributed by atoms with E-state index in [1.807, 2.05) is 66.7 Å². The Morgan fingerprint density at radius 3 is 2.20 bits per heavy atom. The molecule has 0 bridgehead atoms. The lowest BCUT2D eigenvalue weighted by Crippen LogP contribution is -2.15. The minimum Gasteiger partial charge on any atom is -0.388 e. The van der Waals surface area contributed by atoms with Gasteiger partial charge in [-0.1, -0.05) is 81.6 Å². The zero-order chi connectivity index (χ0) is 21.1. The highest BCUT2D eigenvalue weighted by atomic mass is 79.9. The Bertz CT molecular complexity index is 1160. The first-order chi connectivity index (χ1) is 14.5. The summed E-state index contributed by atoms with van der Waals surface area (Å²) in [5.74, 6) is 0. The maximum Gasteiger partial charge on any atom is 0.0813 e. The molecule has 0 heterocycles. The van der Waals surface area contributed by atoms with Crippen molar-refractivity contribution in [2.45, 2.75) is 18.6 Å². The van der Waals surface area contributed by atoms with Crippen LogP contribution in [-0.2, 0) is 0 Å². The molecular weight excluding hydrogens is 481 g/mol. The minimum atomic E-state index is -0.642. The molecule has 2 N–H and O–H groups in total. The predicted molar refractivity (Wildman–Crippen MR) is 130 cm³/mol. The fourth-order valence-electron chi connectivity index (χ4n) is 3.53. The van der Waals surface area contributed by atoms with E-state index in [-0.39, 0.29) is 6.04 Å². The number of hydrogen-bond donors (Lipinski definition) is 2. The maximum atomic E-state index is 11.1. The molecule has 4 rings (SSSR count). The SMILES string of the molecule is OC(CC(Nc1ccc(Br)cc1)c1ccc(Cl)c(Cl)c1)c1ccc2ccccc2c1. The molecule has 2 nitrogen and oxygen atoms in total. The summed E-state index contributed by atoms with van der Waals surface area (Å²) in [5, 5.41) is 17.9. The van der Waals surface area contributed by atoms with Crippen molar-refractivity contribution in [3.63, 3.8) is 0 Å².